The standard InChI is InChI=1S/C20H27NO4/c1-24-18-12-9-16(10-13-18)11-14-20(23)25-15-19(22)21-17-7-5-3-2-4-6-8-17/h9-14,17H,2-8,15H2,1H3,(H,21,22)/b14-11+. The zero-order chi connectivity index (χ0) is 17.9. The van der Waals surface area contributed by atoms with Crippen LogP contribution in [0.15, 0.2) is 30.3 Å². The molecular formula is C20H27NO4. The molecule has 136 valence electrons. The minimum Gasteiger partial charge on any atom is -0.497 e. The highest BCUT2D eigenvalue weighted by molar-refractivity contribution is 5.89. The molecule has 1 aromatic carbocycles. The zero-order valence-electron chi connectivity index (χ0n) is 14.8. The van der Waals surface area contributed by atoms with Gasteiger partial charge in [0.1, 0.15) is 5.75 Å². The van der Waals surface area contributed by atoms with Crippen LogP contribution in [0.2, 0.25) is 0 Å². The summed E-state index contributed by atoms with van der Waals surface area (Å²) < 4.78 is 10.1. The van der Waals surface area contributed by atoms with E-state index in [2.05, 4.69) is 5.32 Å². The molecule has 0 saturated heterocycles. The van der Waals surface area contributed by atoms with Crippen LogP contribution in [-0.2, 0) is 14.3 Å². The van der Waals surface area contributed by atoms with E-state index in [1.54, 1.807) is 13.2 Å². The van der Waals surface area contributed by atoms with Gasteiger partial charge in [-0.25, -0.2) is 4.79 Å². The van der Waals surface area contributed by atoms with Crippen molar-refractivity contribution in [3.8, 4) is 5.75 Å². The second kappa shape index (κ2) is 10.5. The molecule has 0 bridgehead atoms. The molecule has 0 spiro atoms. The van der Waals surface area contributed by atoms with Crippen molar-refractivity contribution < 1.29 is 19.1 Å². The van der Waals surface area contributed by atoms with Crippen LogP contribution in [0, 0.1) is 0 Å². The third-order valence-corrected chi connectivity index (χ3v) is 4.34. The smallest absolute Gasteiger partial charge is 0.331 e. The van der Waals surface area contributed by atoms with Crippen LogP contribution in [0.25, 0.3) is 6.08 Å². The molecule has 1 N–H and O–H groups in total. The topological polar surface area (TPSA) is 64.6 Å². The number of ether oxygens (including phenoxy) is 2. The van der Waals surface area contributed by atoms with Gasteiger partial charge in [-0.3, -0.25) is 4.79 Å². The summed E-state index contributed by atoms with van der Waals surface area (Å²) in [6.45, 7) is -0.234. The van der Waals surface area contributed by atoms with Gasteiger partial charge < -0.3 is 14.8 Å². The monoisotopic (exact) mass is 345 g/mol. The second-order valence-electron chi connectivity index (χ2n) is 6.32. The molecular weight excluding hydrogens is 318 g/mol. The molecule has 0 unspecified atom stereocenters. The number of esters is 1. The van der Waals surface area contributed by atoms with Gasteiger partial charge in [0, 0.05) is 12.1 Å². The maximum Gasteiger partial charge on any atom is 0.331 e. The molecule has 0 atom stereocenters. The lowest BCUT2D eigenvalue weighted by molar-refractivity contribution is -0.144. The van der Waals surface area contributed by atoms with E-state index in [0.717, 1.165) is 37.0 Å². The van der Waals surface area contributed by atoms with Gasteiger partial charge in [0.25, 0.3) is 5.91 Å². The number of methoxy groups -OCH3 is 1. The molecule has 1 aliphatic carbocycles. The fourth-order valence-electron chi connectivity index (χ4n) is 2.93. The van der Waals surface area contributed by atoms with E-state index in [1.165, 1.54) is 25.3 Å². The maximum absolute atomic E-state index is 11.9. The van der Waals surface area contributed by atoms with E-state index in [0.29, 0.717) is 0 Å². The Morgan fingerprint density at radius 3 is 2.36 bits per heavy atom. The van der Waals surface area contributed by atoms with Crippen LogP contribution in [0.4, 0.5) is 0 Å². The molecule has 1 fully saturated rings. The summed E-state index contributed by atoms with van der Waals surface area (Å²) in [7, 11) is 1.60. The van der Waals surface area contributed by atoms with Crippen molar-refractivity contribution in [2.45, 2.75) is 51.0 Å². The predicted octanol–water partition coefficient (Wildman–Crippen LogP) is 3.48. The van der Waals surface area contributed by atoms with Crippen LogP contribution in [0.3, 0.4) is 0 Å². The number of amides is 1. The average molecular weight is 345 g/mol. The summed E-state index contributed by atoms with van der Waals surface area (Å²) in [6.07, 6.45) is 11.0. The van der Waals surface area contributed by atoms with Crippen LogP contribution in [0.1, 0.15) is 50.5 Å². The molecule has 1 saturated carbocycles. The van der Waals surface area contributed by atoms with Crippen molar-refractivity contribution in [1.29, 1.82) is 0 Å². The third kappa shape index (κ3) is 7.42. The highest BCUT2D eigenvalue weighted by Gasteiger charge is 2.14. The van der Waals surface area contributed by atoms with Crippen LogP contribution in [0.5, 0.6) is 5.75 Å². The lowest BCUT2D eigenvalue weighted by atomic mass is 9.97. The van der Waals surface area contributed by atoms with Gasteiger partial charge in [-0.2, -0.15) is 0 Å². The minimum absolute atomic E-state index is 0.210. The fraction of sp³-hybridized carbons (Fsp3) is 0.500. The van der Waals surface area contributed by atoms with Gasteiger partial charge in [-0.15, -0.1) is 0 Å². The maximum atomic E-state index is 11.9. The highest BCUT2D eigenvalue weighted by Crippen LogP contribution is 2.17. The SMILES string of the molecule is COc1ccc(/C=C/C(=O)OCC(=O)NC2CCCCCCC2)cc1. The molecule has 1 aromatic rings. The summed E-state index contributed by atoms with van der Waals surface area (Å²) in [6, 6.07) is 7.51. The number of carbonyl (C=O) groups excluding carboxylic acids is 2. The normalized spacial score (nSPS) is 16.0. The minimum atomic E-state index is -0.524. The number of rotatable bonds is 6. The number of carbonyl (C=O) groups is 2. The van der Waals surface area contributed by atoms with Gasteiger partial charge >= 0.3 is 5.97 Å². The van der Waals surface area contributed by atoms with E-state index < -0.39 is 5.97 Å². The summed E-state index contributed by atoms with van der Waals surface area (Å²) in [5.74, 6) is 0.00557. The first-order valence-electron chi connectivity index (χ1n) is 8.95. The Balaban J connectivity index is 1.70. The number of hydrogen-bond donors (Lipinski definition) is 1. The molecule has 0 aliphatic heterocycles. The van der Waals surface area contributed by atoms with Gasteiger partial charge in [-0.1, -0.05) is 44.2 Å². The lowest BCUT2D eigenvalue weighted by Crippen LogP contribution is -2.37. The number of benzene rings is 1. The number of hydrogen-bond acceptors (Lipinski definition) is 4. The van der Waals surface area contributed by atoms with E-state index in [4.69, 9.17) is 9.47 Å². The Kier molecular flexibility index (Phi) is 8.02. The Bertz CT molecular complexity index is 572. The zero-order valence-corrected chi connectivity index (χ0v) is 14.8. The molecule has 1 amide bonds. The number of nitrogens with one attached hydrogen (secondary N) is 1. The quantitative estimate of drug-likeness (QED) is 0.633. The van der Waals surface area contributed by atoms with Gasteiger partial charge in [0.2, 0.25) is 0 Å². The molecule has 2 rings (SSSR count). The van der Waals surface area contributed by atoms with E-state index in [9.17, 15) is 9.59 Å². The largest absolute Gasteiger partial charge is 0.497 e. The van der Waals surface area contributed by atoms with Crippen LogP contribution in [-0.4, -0.2) is 31.6 Å². The van der Waals surface area contributed by atoms with Crippen LogP contribution < -0.4 is 10.1 Å². The van der Waals surface area contributed by atoms with Crippen molar-refractivity contribution in [2.24, 2.45) is 0 Å². The Labute approximate surface area is 149 Å². The molecule has 0 radical (unpaired) electrons. The average Bonchev–Trinajstić information content (AvgIpc) is 2.61. The highest BCUT2D eigenvalue weighted by atomic mass is 16.5. The van der Waals surface area contributed by atoms with Crippen molar-refractivity contribution >= 4 is 18.0 Å². The van der Waals surface area contributed by atoms with E-state index in [1.807, 2.05) is 24.3 Å². The Hall–Kier alpha value is -2.30. The third-order valence-electron chi connectivity index (χ3n) is 4.34. The van der Waals surface area contributed by atoms with Gasteiger partial charge in [0.15, 0.2) is 6.61 Å². The molecule has 25 heavy (non-hydrogen) atoms. The first-order valence-corrected chi connectivity index (χ1v) is 8.95. The predicted molar refractivity (Wildman–Crippen MR) is 97.2 cm³/mol. The summed E-state index contributed by atoms with van der Waals surface area (Å²) in [5, 5.41) is 2.97. The van der Waals surface area contributed by atoms with Crippen molar-refractivity contribution in [1.82, 2.24) is 5.32 Å². The fourth-order valence-corrected chi connectivity index (χ4v) is 2.93. The molecule has 5 heteroatoms. The van der Waals surface area contributed by atoms with Crippen molar-refractivity contribution in [2.75, 3.05) is 13.7 Å². The van der Waals surface area contributed by atoms with Crippen molar-refractivity contribution in [3.63, 3.8) is 0 Å². The first kappa shape index (κ1) is 19.0. The summed E-state index contributed by atoms with van der Waals surface area (Å²) >= 11 is 0. The summed E-state index contributed by atoms with van der Waals surface area (Å²) in [4.78, 5) is 23.7. The Morgan fingerprint density at radius 2 is 1.72 bits per heavy atom. The summed E-state index contributed by atoms with van der Waals surface area (Å²) in [5.41, 5.74) is 0.858. The van der Waals surface area contributed by atoms with Crippen molar-refractivity contribution in [3.05, 3.63) is 35.9 Å². The Morgan fingerprint density at radius 1 is 1.08 bits per heavy atom. The molecule has 5 nitrogen and oxygen atoms in total. The first-order chi connectivity index (χ1) is 12.2. The van der Waals surface area contributed by atoms with Gasteiger partial charge in [0.05, 0.1) is 7.11 Å². The second-order valence-corrected chi connectivity index (χ2v) is 6.32. The lowest BCUT2D eigenvalue weighted by Gasteiger charge is -2.20. The molecule has 0 aromatic heterocycles. The molecule has 0 heterocycles. The van der Waals surface area contributed by atoms with Gasteiger partial charge in [-0.05, 0) is 36.6 Å². The van der Waals surface area contributed by atoms with E-state index >= 15 is 0 Å². The van der Waals surface area contributed by atoms with E-state index in [-0.39, 0.29) is 18.6 Å². The molecule has 1 aliphatic rings. The van der Waals surface area contributed by atoms with Crippen LogP contribution >= 0.6 is 0 Å².